The first kappa shape index (κ1) is 20.8. The molecule has 0 saturated carbocycles. The fourth-order valence-corrected chi connectivity index (χ4v) is 4.95. The maximum Gasteiger partial charge on any atom is 0.255 e. The van der Waals surface area contributed by atoms with E-state index in [4.69, 9.17) is 5.73 Å². The number of H-pyrrole nitrogens is 1. The zero-order valence-corrected chi connectivity index (χ0v) is 17.8. The molecule has 2 fully saturated rings. The van der Waals surface area contributed by atoms with Gasteiger partial charge in [-0.1, -0.05) is 12.1 Å². The lowest BCUT2D eigenvalue weighted by Gasteiger charge is -2.31. The number of amides is 3. The highest BCUT2D eigenvalue weighted by atomic mass is 16.2. The Morgan fingerprint density at radius 1 is 1.19 bits per heavy atom. The molecule has 3 amide bonds. The Hall–Kier alpha value is -3.11. The van der Waals surface area contributed by atoms with E-state index in [0.717, 1.165) is 49.4 Å². The van der Waals surface area contributed by atoms with E-state index in [1.54, 1.807) is 4.90 Å². The number of nitrogens with one attached hydrogen (secondary N) is 2. The van der Waals surface area contributed by atoms with Crippen LogP contribution in [-0.2, 0) is 29.2 Å². The number of likely N-dealkylation sites (tertiary alicyclic amines) is 1. The van der Waals surface area contributed by atoms with Crippen LogP contribution in [0.2, 0.25) is 0 Å². The van der Waals surface area contributed by atoms with E-state index in [0.29, 0.717) is 30.9 Å². The standard InChI is InChI=1S/C22H27N7O3/c23-9-18-24-20(27-26-18)15-2-1-7-28(11-15)10-13-3-4-14-12-29(22(32)16(14)8-13)17-5-6-19(30)25-21(17)31/h3-4,8,15,17H,1-2,5-7,9-12,23H2,(H,24,26,27)(H,25,30,31). The summed E-state index contributed by atoms with van der Waals surface area (Å²) in [6.07, 6.45) is 2.74. The number of piperidine rings is 2. The largest absolute Gasteiger partial charge is 0.324 e. The molecule has 10 nitrogen and oxygen atoms in total. The van der Waals surface area contributed by atoms with Gasteiger partial charge in [-0.3, -0.25) is 29.7 Å². The third kappa shape index (κ3) is 3.91. The second kappa shape index (κ2) is 8.44. The molecular formula is C22H27N7O3. The first-order chi connectivity index (χ1) is 15.5. The summed E-state index contributed by atoms with van der Waals surface area (Å²) < 4.78 is 0. The molecule has 3 aliphatic rings. The van der Waals surface area contributed by atoms with Crippen molar-refractivity contribution in [1.29, 1.82) is 0 Å². The van der Waals surface area contributed by atoms with Crippen LogP contribution in [0.25, 0.3) is 0 Å². The van der Waals surface area contributed by atoms with E-state index in [1.807, 2.05) is 12.1 Å². The van der Waals surface area contributed by atoms with Crippen LogP contribution < -0.4 is 11.1 Å². The van der Waals surface area contributed by atoms with Crippen LogP contribution in [0.3, 0.4) is 0 Å². The lowest BCUT2D eigenvalue weighted by atomic mass is 9.96. The lowest BCUT2D eigenvalue weighted by molar-refractivity contribution is -0.136. The van der Waals surface area contributed by atoms with E-state index >= 15 is 0 Å². The van der Waals surface area contributed by atoms with Gasteiger partial charge in [-0.25, -0.2) is 4.98 Å². The molecular weight excluding hydrogens is 410 g/mol. The van der Waals surface area contributed by atoms with Gasteiger partial charge in [0.25, 0.3) is 5.91 Å². The van der Waals surface area contributed by atoms with Crippen LogP contribution in [0.1, 0.15) is 64.7 Å². The van der Waals surface area contributed by atoms with Crippen molar-refractivity contribution in [2.45, 2.75) is 57.3 Å². The van der Waals surface area contributed by atoms with Crippen molar-refractivity contribution >= 4 is 17.7 Å². The quantitative estimate of drug-likeness (QED) is 0.576. The monoisotopic (exact) mass is 437 g/mol. The second-order valence-corrected chi connectivity index (χ2v) is 8.81. The third-order valence-electron chi connectivity index (χ3n) is 6.61. The van der Waals surface area contributed by atoms with Crippen molar-refractivity contribution in [3.05, 3.63) is 46.5 Å². The van der Waals surface area contributed by atoms with Crippen molar-refractivity contribution in [2.75, 3.05) is 13.1 Å². The Balaban J connectivity index is 1.26. The minimum absolute atomic E-state index is 0.136. The lowest BCUT2D eigenvalue weighted by Crippen LogP contribution is -2.52. The minimum Gasteiger partial charge on any atom is -0.324 e. The number of hydrogen-bond acceptors (Lipinski definition) is 7. The number of nitrogens with zero attached hydrogens (tertiary/aromatic N) is 4. The van der Waals surface area contributed by atoms with Crippen molar-refractivity contribution in [1.82, 2.24) is 30.3 Å². The molecule has 0 bridgehead atoms. The summed E-state index contributed by atoms with van der Waals surface area (Å²) in [4.78, 5) is 45.2. The van der Waals surface area contributed by atoms with E-state index in [-0.39, 0.29) is 30.1 Å². The normalized spacial score (nSPS) is 24.0. The number of imide groups is 1. The van der Waals surface area contributed by atoms with E-state index in [9.17, 15) is 14.4 Å². The first-order valence-electron chi connectivity index (χ1n) is 11.1. The zero-order valence-electron chi connectivity index (χ0n) is 17.8. The summed E-state index contributed by atoms with van der Waals surface area (Å²) in [6.45, 7) is 3.33. The number of aromatic nitrogens is 3. The molecule has 0 spiro atoms. The van der Waals surface area contributed by atoms with Gasteiger partial charge in [0.05, 0.1) is 6.54 Å². The first-order valence-corrected chi connectivity index (χ1v) is 11.1. The zero-order chi connectivity index (χ0) is 22.2. The predicted octanol–water partition coefficient (Wildman–Crippen LogP) is 0.404. The minimum atomic E-state index is -0.585. The average molecular weight is 438 g/mol. The van der Waals surface area contributed by atoms with Gasteiger partial charge in [-0.15, -0.1) is 0 Å². The number of fused-ring (bicyclic) bond motifs is 1. The number of rotatable bonds is 5. The van der Waals surface area contributed by atoms with Crippen LogP contribution >= 0.6 is 0 Å². The summed E-state index contributed by atoms with van der Waals surface area (Å²) in [5.41, 5.74) is 8.29. The van der Waals surface area contributed by atoms with Crippen molar-refractivity contribution in [2.24, 2.45) is 5.73 Å². The van der Waals surface area contributed by atoms with Gasteiger partial charge in [-0.2, -0.15) is 5.10 Å². The number of benzene rings is 1. The molecule has 2 saturated heterocycles. The molecule has 2 unspecified atom stereocenters. The highest BCUT2D eigenvalue weighted by Crippen LogP contribution is 2.30. The fraction of sp³-hybridized carbons (Fsp3) is 0.500. The second-order valence-electron chi connectivity index (χ2n) is 8.81. The summed E-state index contributed by atoms with van der Waals surface area (Å²) >= 11 is 0. The molecule has 168 valence electrons. The number of carbonyl (C=O) groups excluding carboxylic acids is 3. The average Bonchev–Trinajstić information content (AvgIpc) is 3.39. The Bertz CT molecular complexity index is 1070. The maximum atomic E-state index is 13.1. The molecule has 3 aliphatic heterocycles. The molecule has 0 radical (unpaired) electrons. The van der Waals surface area contributed by atoms with E-state index in [2.05, 4.69) is 31.5 Å². The molecule has 4 heterocycles. The molecule has 5 rings (SSSR count). The molecule has 2 atom stereocenters. The molecule has 10 heteroatoms. The Labute approximate surface area is 185 Å². The molecule has 2 aromatic rings. The smallest absolute Gasteiger partial charge is 0.255 e. The summed E-state index contributed by atoms with van der Waals surface area (Å²) in [5, 5.41) is 9.56. The van der Waals surface area contributed by atoms with Gasteiger partial charge in [-0.05, 0) is 43.0 Å². The van der Waals surface area contributed by atoms with E-state index < -0.39 is 6.04 Å². The van der Waals surface area contributed by atoms with Crippen molar-refractivity contribution in [3.8, 4) is 0 Å². The van der Waals surface area contributed by atoms with Crippen LogP contribution in [-0.4, -0.2) is 61.8 Å². The molecule has 1 aromatic heterocycles. The van der Waals surface area contributed by atoms with Gasteiger partial charge >= 0.3 is 0 Å². The van der Waals surface area contributed by atoms with Gasteiger partial charge < -0.3 is 10.6 Å². The van der Waals surface area contributed by atoms with Crippen LogP contribution in [0.4, 0.5) is 0 Å². The van der Waals surface area contributed by atoms with Crippen LogP contribution in [0.15, 0.2) is 18.2 Å². The Morgan fingerprint density at radius 3 is 2.84 bits per heavy atom. The SMILES string of the molecule is NCc1nc(C2CCCN(Cc3ccc4c(c3)C(=O)N(C3CCC(=O)NC3=O)C4)C2)n[nH]1. The Morgan fingerprint density at radius 2 is 2.06 bits per heavy atom. The van der Waals surface area contributed by atoms with Crippen LogP contribution in [0.5, 0.6) is 0 Å². The molecule has 32 heavy (non-hydrogen) atoms. The van der Waals surface area contributed by atoms with Crippen molar-refractivity contribution in [3.63, 3.8) is 0 Å². The van der Waals surface area contributed by atoms with E-state index in [1.165, 1.54) is 0 Å². The van der Waals surface area contributed by atoms with Gasteiger partial charge in [0.15, 0.2) is 5.82 Å². The van der Waals surface area contributed by atoms with Crippen LogP contribution in [0, 0.1) is 0 Å². The number of carbonyl (C=O) groups is 3. The highest BCUT2D eigenvalue weighted by molar-refractivity contribution is 6.05. The summed E-state index contributed by atoms with van der Waals surface area (Å²) in [6, 6.07) is 5.41. The topological polar surface area (TPSA) is 137 Å². The number of aromatic amines is 1. The third-order valence-corrected chi connectivity index (χ3v) is 6.61. The number of nitrogens with two attached hydrogens (primary N) is 1. The maximum absolute atomic E-state index is 13.1. The predicted molar refractivity (Wildman–Crippen MR) is 114 cm³/mol. The summed E-state index contributed by atoms with van der Waals surface area (Å²) in [5.74, 6) is 0.991. The van der Waals surface area contributed by atoms with Crippen molar-refractivity contribution < 1.29 is 14.4 Å². The van der Waals surface area contributed by atoms with Gasteiger partial charge in [0, 0.05) is 37.5 Å². The number of hydrogen-bond donors (Lipinski definition) is 3. The fourth-order valence-electron chi connectivity index (χ4n) is 4.95. The highest BCUT2D eigenvalue weighted by Gasteiger charge is 2.39. The molecule has 1 aromatic carbocycles. The Kier molecular flexibility index (Phi) is 5.48. The van der Waals surface area contributed by atoms with Gasteiger partial charge in [0.2, 0.25) is 11.8 Å². The summed E-state index contributed by atoms with van der Waals surface area (Å²) in [7, 11) is 0. The van der Waals surface area contributed by atoms with Gasteiger partial charge in [0.1, 0.15) is 11.9 Å². The molecule has 0 aliphatic carbocycles. The molecule has 4 N–H and O–H groups in total.